The minimum atomic E-state index is -3.83. The van der Waals surface area contributed by atoms with Crippen molar-refractivity contribution >= 4 is 27.3 Å². The molecule has 0 amide bonds. The number of hydrogen-bond acceptors (Lipinski definition) is 6. The van der Waals surface area contributed by atoms with Crippen molar-refractivity contribution in [1.29, 1.82) is 0 Å². The van der Waals surface area contributed by atoms with Crippen molar-refractivity contribution in [2.45, 2.75) is 11.8 Å². The van der Waals surface area contributed by atoms with Gasteiger partial charge in [0.05, 0.1) is 17.2 Å². The van der Waals surface area contributed by atoms with Gasteiger partial charge in [0.25, 0.3) is 10.0 Å². The monoisotopic (exact) mass is 418 g/mol. The molecule has 0 saturated carbocycles. The Balaban J connectivity index is 1.90. The molecule has 3 rings (SSSR count). The predicted molar refractivity (Wildman–Crippen MR) is 105 cm³/mol. The SMILES string of the molecule is CCOC(=O)COc1cccc(-n2ccs/c2=N/S(=O)(=O)c2ccccc2)c1. The van der Waals surface area contributed by atoms with Crippen LogP contribution in [0.4, 0.5) is 0 Å². The van der Waals surface area contributed by atoms with E-state index in [-0.39, 0.29) is 18.1 Å². The summed E-state index contributed by atoms with van der Waals surface area (Å²) in [7, 11) is -3.83. The van der Waals surface area contributed by atoms with Crippen LogP contribution in [0.25, 0.3) is 5.69 Å². The fraction of sp³-hybridized carbons (Fsp3) is 0.158. The molecule has 0 saturated heterocycles. The highest BCUT2D eigenvalue weighted by Gasteiger charge is 2.13. The van der Waals surface area contributed by atoms with Crippen LogP contribution in [-0.4, -0.2) is 32.2 Å². The van der Waals surface area contributed by atoms with E-state index >= 15 is 0 Å². The molecule has 146 valence electrons. The first-order valence-electron chi connectivity index (χ1n) is 8.40. The number of nitrogens with zero attached hydrogens (tertiary/aromatic N) is 2. The van der Waals surface area contributed by atoms with Gasteiger partial charge >= 0.3 is 5.97 Å². The molecule has 0 N–H and O–H groups in total. The van der Waals surface area contributed by atoms with Crippen LogP contribution in [0, 0.1) is 0 Å². The van der Waals surface area contributed by atoms with E-state index in [0.29, 0.717) is 16.2 Å². The van der Waals surface area contributed by atoms with Gasteiger partial charge in [-0.15, -0.1) is 15.7 Å². The number of sulfonamides is 1. The molecule has 0 aliphatic rings. The fourth-order valence-electron chi connectivity index (χ4n) is 2.35. The minimum absolute atomic E-state index is 0.126. The lowest BCUT2D eigenvalue weighted by Gasteiger charge is -2.08. The molecule has 2 aromatic carbocycles. The zero-order chi connectivity index (χ0) is 20.0. The molecule has 0 spiro atoms. The summed E-state index contributed by atoms with van der Waals surface area (Å²) in [4.78, 5) is 11.9. The number of ether oxygens (including phenoxy) is 2. The van der Waals surface area contributed by atoms with Crippen LogP contribution in [0.3, 0.4) is 0 Å². The topological polar surface area (TPSA) is 87.0 Å². The van der Waals surface area contributed by atoms with Crippen LogP contribution in [0.5, 0.6) is 5.75 Å². The van der Waals surface area contributed by atoms with Crippen molar-refractivity contribution < 1.29 is 22.7 Å². The summed E-state index contributed by atoms with van der Waals surface area (Å²) in [6.45, 7) is 1.80. The fourth-order valence-corrected chi connectivity index (χ4v) is 4.30. The highest BCUT2D eigenvalue weighted by Crippen LogP contribution is 2.17. The van der Waals surface area contributed by atoms with Gasteiger partial charge in [-0.3, -0.25) is 4.57 Å². The molecule has 7 nitrogen and oxygen atoms in total. The Kier molecular flexibility index (Phi) is 6.27. The Hall–Kier alpha value is -2.91. The normalized spacial score (nSPS) is 12.0. The Bertz CT molecular complexity index is 1120. The standard InChI is InChI=1S/C19H18N2O5S2/c1-2-25-18(22)14-26-16-8-6-7-15(13-16)21-11-12-27-19(21)20-28(23,24)17-9-4-3-5-10-17/h3-13H,2,14H2,1H3/b20-19+. The smallest absolute Gasteiger partial charge is 0.344 e. The summed E-state index contributed by atoms with van der Waals surface area (Å²) >= 11 is 1.20. The first kappa shape index (κ1) is 19.8. The van der Waals surface area contributed by atoms with E-state index in [1.54, 1.807) is 65.5 Å². The number of esters is 1. The molecule has 0 fully saturated rings. The molecule has 0 aliphatic carbocycles. The molecule has 0 unspecified atom stereocenters. The molecule has 28 heavy (non-hydrogen) atoms. The summed E-state index contributed by atoms with van der Waals surface area (Å²) in [6, 6.07) is 15.0. The van der Waals surface area contributed by atoms with Crippen LogP contribution in [0.1, 0.15) is 6.92 Å². The summed E-state index contributed by atoms with van der Waals surface area (Å²) in [5.41, 5.74) is 0.657. The lowest BCUT2D eigenvalue weighted by Crippen LogP contribution is -2.16. The van der Waals surface area contributed by atoms with Gasteiger partial charge in [-0.2, -0.15) is 8.42 Å². The van der Waals surface area contributed by atoms with Crippen LogP contribution < -0.4 is 9.54 Å². The number of benzene rings is 2. The van der Waals surface area contributed by atoms with Gasteiger partial charge in [0, 0.05) is 17.6 Å². The second-order valence-corrected chi connectivity index (χ2v) is 8.00. The molecule has 9 heteroatoms. The maximum atomic E-state index is 12.5. The zero-order valence-electron chi connectivity index (χ0n) is 15.0. The van der Waals surface area contributed by atoms with Crippen LogP contribution in [0.2, 0.25) is 0 Å². The van der Waals surface area contributed by atoms with E-state index < -0.39 is 16.0 Å². The predicted octanol–water partition coefficient (Wildman–Crippen LogP) is 2.77. The summed E-state index contributed by atoms with van der Waals surface area (Å²) in [6.07, 6.45) is 1.72. The van der Waals surface area contributed by atoms with Gasteiger partial charge in [-0.1, -0.05) is 24.3 Å². The summed E-state index contributed by atoms with van der Waals surface area (Å²) < 4.78 is 41.0. The molecule has 0 bridgehead atoms. The van der Waals surface area contributed by atoms with E-state index in [1.807, 2.05) is 0 Å². The van der Waals surface area contributed by atoms with E-state index in [9.17, 15) is 13.2 Å². The Morgan fingerprint density at radius 1 is 1.14 bits per heavy atom. The van der Waals surface area contributed by atoms with E-state index in [2.05, 4.69) is 4.40 Å². The summed E-state index contributed by atoms with van der Waals surface area (Å²) in [5.74, 6) is 0.00172. The molecule has 3 aromatic rings. The highest BCUT2D eigenvalue weighted by atomic mass is 32.2. The number of carbonyl (C=O) groups excluding carboxylic acids is 1. The molecule has 1 aromatic heterocycles. The van der Waals surface area contributed by atoms with E-state index in [1.165, 1.54) is 23.5 Å². The third-order valence-corrected chi connectivity index (χ3v) is 5.74. The zero-order valence-corrected chi connectivity index (χ0v) is 16.7. The van der Waals surface area contributed by atoms with Gasteiger partial charge in [-0.05, 0) is 31.2 Å². The van der Waals surface area contributed by atoms with Crippen LogP contribution in [0.15, 0.2) is 75.5 Å². The van der Waals surface area contributed by atoms with Crippen molar-refractivity contribution in [3.63, 3.8) is 0 Å². The average Bonchev–Trinajstić information content (AvgIpc) is 3.15. The van der Waals surface area contributed by atoms with Gasteiger partial charge in [-0.25, -0.2) is 4.79 Å². The second-order valence-electron chi connectivity index (χ2n) is 5.53. The first-order valence-corrected chi connectivity index (χ1v) is 10.7. The lowest BCUT2D eigenvalue weighted by atomic mass is 10.3. The Morgan fingerprint density at radius 3 is 2.68 bits per heavy atom. The van der Waals surface area contributed by atoms with Crippen molar-refractivity contribution in [3.05, 3.63) is 71.0 Å². The number of carbonyl (C=O) groups is 1. The molecule has 1 heterocycles. The first-order chi connectivity index (χ1) is 13.5. The Morgan fingerprint density at radius 2 is 1.93 bits per heavy atom. The molecular formula is C19H18N2O5S2. The third kappa shape index (κ3) is 4.87. The number of hydrogen-bond donors (Lipinski definition) is 0. The quantitative estimate of drug-likeness (QED) is 0.551. The van der Waals surface area contributed by atoms with Crippen molar-refractivity contribution in [3.8, 4) is 11.4 Å². The Labute approximate surface area is 166 Å². The maximum Gasteiger partial charge on any atom is 0.344 e. The van der Waals surface area contributed by atoms with Gasteiger partial charge in [0.2, 0.25) is 4.80 Å². The molecule has 0 aliphatic heterocycles. The maximum absolute atomic E-state index is 12.5. The average molecular weight is 418 g/mol. The molecule has 0 radical (unpaired) electrons. The minimum Gasteiger partial charge on any atom is -0.482 e. The van der Waals surface area contributed by atoms with Crippen LogP contribution in [-0.2, 0) is 19.6 Å². The number of rotatable bonds is 7. The van der Waals surface area contributed by atoms with Crippen molar-refractivity contribution in [2.75, 3.05) is 13.2 Å². The number of aromatic nitrogens is 1. The third-order valence-electron chi connectivity index (χ3n) is 3.59. The second kappa shape index (κ2) is 8.85. The lowest BCUT2D eigenvalue weighted by molar-refractivity contribution is -0.145. The van der Waals surface area contributed by atoms with Crippen molar-refractivity contribution in [1.82, 2.24) is 4.57 Å². The highest BCUT2D eigenvalue weighted by molar-refractivity contribution is 7.90. The molecular weight excluding hydrogens is 400 g/mol. The van der Waals surface area contributed by atoms with Gasteiger partial charge < -0.3 is 9.47 Å². The molecule has 0 atom stereocenters. The van der Waals surface area contributed by atoms with E-state index in [0.717, 1.165) is 0 Å². The van der Waals surface area contributed by atoms with Gasteiger partial charge in [0.15, 0.2) is 6.61 Å². The summed E-state index contributed by atoms with van der Waals surface area (Å²) in [5, 5.41) is 1.74. The van der Waals surface area contributed by atoms with Gasteiger partial charge in [0.1, 0.15) is 5.75 Å². The number of thiazole rings is 1. The largest absolute Gasteiger partial charge is 0.482 e. The van der Waals surface area contributed by atoms with E-state index in [4.69, 9.17) is 9.47 Å². The van der Waals surface area contributed by atoms with Crippen LogP contribution >= 0.6 is 11.3 Å². The van der Waals surface area contributed by atoms with Crippen molar-refractivity contribution in [2.24, 2.45) is 4.40 Å².